The van der Waals surface area contributed by atoms with Crippen LogP contribution in [0.2, 0.25) is 0 Å². The summed E-state index contributed by atoms with van der Waals surface area (Å²) in [5.74, 6) is 0.0907. The molecule has 0 aliphatic carbocycles. The summed E-state index contributed by atoms with van der Waals surface area (Å²) in [6.45, 7) is 7.79. The van der Waals surface area contributed by atoms with Gasteiger partial charge in [0.25, 0.3) is 5.91 Å². The average molecular weight is 293 g/mol. The van der Waals surface area contributed by atoms with Gasteiger partial charge in [-0.2, -0.15) is 0 Å². The van der Waals surface area contributed by atoms with Crippen LogP contribution in [0.4, 0.5) is 0 Å². The van der Waals surface area contributed by atoms with E-state index in [9.17, 15) is 9.59 Å². The maximum Gasteiger partial charge on any atom is 0.347 e. The van der Waals surface area contributed by atoms with E-state index in [1.54, 1.807) is 13.0 Å². The minimum Gasteiger partial charge on any atom is -0.479 e. The topological polar surface area (TPSA) is 64.6 Å². The summed E-state index contributed by atoms with van der Waals surface area (Å²) in [6.07, 6.45) is -0.760. The van der Waals surface area contributed by atoms with Gasteiger partial charge in [-0.05, 0) is 37.5 Å². The number of aryl methyl sites for hydroxylation is 1. The molecule has 0 aliphatic rings. The fourth-order valence-corrected chi connectivity index (χ4v) is 1.56. The van der Waals surface area contributed by atoms with Crippen molar-refractivity contribution >= 4 is 11.9 Å². The molecule has 0 aromatic heterocycles. The Labute approximate surface area is 125 Å². The summed E-state index contributed by atoms with van der Waals surface area (Å²) >= 11 is 0. The Bertz CT molecular complexity index is 485. The normalized spacial score (nSPS) is 11.9. The molecule has 0 unspecified atom stereocenters. The first kappa shape index (κ1) is 17.0. The van der Waals surface area contributed by atoms with E-state index in [0.29, 0.717) is 18.2 Å². The van der Waals surface area contributed by atoms with Crippen molar-refractivity contribution in [3.63, 3.8) is 0 Å². The Kier molecular flexibility index (Phi) is 6.72. The molecule has 0 radical (unpaired) electrons. The van der Waals surface area contributed by atoms with Gasteiger partial charge in [0.15, 0.2) is 12.7 Å². The number of benzene rings is 1. The number of esters is 1. The van der Waals surface area contributed by atoms with Crippen molar-refractivity contribution in [2.45, 2.75) is 33.8 Å². The maximum absolute atomic E-state index is 11.7. The zero-order valence-corrected chi connectivity index (χ0v) is 13.0. The predicted octanol–water partition coefficient (Wildman–Crippen LogP) is 2.08. The molecule has 5 heteroatoms. The van der Waals surface area contributed by atoms with E-state index in [1.807, 2.05) is 39.0 Å². The molecule has 1 aromatic carbocycles. The molecule has 1 N–H and O–H groups in total. The number of rotatable bonds is 7. The number of hydrogen-bond donors (Lipinski definition) is 1. The van der Waals surface area contributed by atoms with E-state index in [1.165, 1.54) is 0 Å². The lowest BCUT2D eigenvalue weighted by atomic mass is 10.2. The molecule has 0 spiro atoms. The van der Waals surface area contributed by atoms with Gasteiger partial charge < -0.3 is 14.8 Å². The van der Waals surface area contributed by atoms with E-state index in [0.717, 1.165) is 5.56 Å². The Hall–Kier alpha value is -2.04. The van der Waals surface area contributed by atoms with Crippen molar-refractivity contribution in [1.29, 1.82) is 0 Å². The number of carbonyl (C=O) groups is 2. The first-order valence-electron chi connectivity index (χ1n) is 7.05. The third-order valence-electron chi connectivity index (χ3n) is 2.69. The number of amides is 1. The van der Waals surface area contributed by atoms with Crippen LogP contribution < -0.4 is 10.1 Å². The zero-order valence-electron chi connectivity index (χ0n) is 13.0. The standard InChI is InChI=1S/C16H23NO4/c1-11(2)9-17-15(18)10-20-16(19)13(4)21-14-7-5-6-12(3)8-14/h5-8,11,13H,9-10H2,1-4H3,(H,17,18)/t13-/m1/s1. The van der Waals surface area contributed by atoms with Gasteiger partial charge in [-0.1, -0.05) is 26.0 Å². The number of hydrogen-bond acceptors (Lipinski definition) is 4. The number of carbonyl (C=O) groups excluding carboxylic acids is 2. The highest BCUT2D eigenvalue weighted by Gasteiger charge is 2.17. The van der Waals surface area contributed by atoms with Gasteiger partial charge in [-0.3, -0.25) is 4.79 Å². The van der Waals surface area contributed by atoms with Crippen LogP contribution in [0, 0.1) is 12.8 Å². The van der Waals surface area contributed by atoms with Crippen LogP contribution in [0.25, 0.3) is 0 Å². The van der Waals surface area contributed by atoms with Gasteiger partial charge in [-0.25, -0.2) is 4.79 Å². The first-order valence-corrected chi connectivity index (χ1v) is 7.05. The van der Waals surface area contributed by atoms with Crippen LogP contribution >= 0.6 is 0 Å². The third kappa shape index (κ3) is 6.79. The van der Waals surface area contributed by atoms with Crippen molar-refractivity contribution in [1.82, 2.24) is 5.32 Å². The maximum atomic E-state index is 11.7. The lowest BCUT2D eigenvalue weighted by molar-refractivity contribution is -0.154. The fraction of sp³-hybridized carbons (Fsp3) is 0.500. The summed E-state index contributed by atoms with van der Waals surface area (Å²) in [6, 6.07) is 7.39. The molecule has 1 rings (SSSR count). The second-order valence-corrected chi connectivity index (χ2v) is 5.38. The van der Waals surface area contributed by atoms with Gasteiger partial charge in [0.05, 0.1) is 0 Å². The lowest BCUT2D eigenvalue weighted by Crippen LogP contribution is -2.34. The summed E-state index contributed by atoms with van der Waals surface area (Å²) in [4.78, 5) is 23.2. The molecule has 0 aliphatic heterocycles. The smallest absolute Gasteiger partial charge is 0.347 e. The molecule has 1 atom stereocenters. The van der Waals surface area contributed by atoms with E-state index in [4.69, 9.17) is 9.47 Å². The SMILES string of the molecule is Cc1cccc(O[C@H](C)C(=O)OCC(=O)NCC(C)C)c1. The van der Waals surface area contributed by atoms with E-state index < -0.39 is 12.1 Å². The highest BCUT2D eigenvalue weighted by molar-refractivity contribution is 5.81. The Morgan fingerprint density at radius 2 is 1.95 bits per heavy atom. The third-order valence-corrected chi connectivity index (χ3v) is 2.69. The molecular formula is C16H23NO4. The number of nitrogens with one attached hydrogen (secondary N) is 1. The van der Waals surface area contributed by atoms with E-state index in [-0.39, 0.29) is 12.5 Å². The lowest BCUT2D eigenvalue weighted by Gasteiger charge is -2.14. The molecule has 1 amide bonds. The minimum absolute atomic E-state index is 0.285. The van der Waals surface area contributed by atoms with Gasteiger partial charge >= 0.3 is 5.97 Å². The predicted molar refractivity (Wildman–Crippen MR) is 80.1 cm³/mol. The second kappa shape index (κ2) is 8.29. The van der Waals surface area contributed by atoms with Crippen molar-refractivity contribution in [3.05, 3.63) is 29.8 Å². The van der Waals surface area contributed by atoms with Crippen molar-refractivity contribution in [2.75, 3.05) is 13.2 Å². The van der Waals surface area contributed by atoms with Crippen LogP contribution in [-0.2, 0) is 14.3 Å². The zero-order chi connectivity index (χ0) is 15.8. The second-order valence-electron chi connectivity index (χ2n) is 5.38. The fourth-order valence-electron chi connectivity index (χ4n) is 1.56. The Morgan fingerprint density at radius 3 is 2.57 bits per heavy atom. The van der Waals surface area contributed by atoms with Crippen molar-refractivity contribution in [3.8, 4) is 5.75 Å². The molecular weight excluding hydrogens is 270 g/mol. The van der Waals surface area contributed by atoms with Crippen LogP contribution in [0.3, 0.4) is 0 Å². The van der Waals surface area contributed by atoms with Gasteiger partial charge in [-0.15, -0.1) is 0 Å². The molecule has 0 saturated carbocycles. The highest BCUT2D eigenvalue weighted by atomic mass is 16.6. The van der Waals surface area contributed by atoms with Crippen LogP contribution in [0.5, 0.6) is 5.75 Å². The summed E-state index contributed by atoms with van der Waals surface area (Å²) in [7, 11) is 0. The largest absolute Gasteiger partial charge is 0.479 e. The highest BCUT2D eigenvalue weighted by Crippen LogP contribution is 2.14. The molecule has 0 heterocycles. The molecule has 0 fully saturated rings. The first-order chi connectivity index (χ1) is 9.88. The average Bonchev–Trinajstić information content (AvgIpc) is 2.42. The summed E-state index contributed by atoms with van der Waals surface area (Å²) in [5.41, 5.74) is 1.04. The van der Waals surface area contributed by atoms with E-state index in [2.05, 4.69) is 5.32 Å². The van der Waals surface area contributed by atoms with Gasteiger partial charge in [0.1, 0.15) is 5.75 Å². The van der Waals surface area contributed by atoms with E-state index >= 15 is 0 Å². The Morgan fingerprint density at radius 1 is 1.24 bits per heavy atom. The molecule has 1 aromatic rings. The van der Waals surface area contributed by atoms with Gasteiger partial charge in [0, 0.05) is 6.54 Å². The van der Waals surface area contributed by atoms with Crippen LogP contribution in [-0.4, -0.2) is 31.1 Å². The molecule has 0 saturated heterocycles. The molecule has 0 bridgehead atoms. The van der Waals surface area contributed by atoms with Crippen LogP contribution in [0.1, 0.15) is 26.3 Å². The molecule has 5 nitrogen and oxygen atoms in total. The Balaban J connectivity index is 2.36. The van der Waals surface area contributed by atoms with Gasteiger partial charge in [0.2, 0.25) is 0 Å². The van der Waals surface area contributed by atoms with Crippen molar-refractivity contribution < 1.29 is 19.1 Å². The molecule has 116 valence electrons. The minimum atomic E-state index is -0.760. The molecule has 21 heavy (non-hydrogen) atoms. The van der Waals surface area contributed by atoms with Crippen LogP contribution in [0.15, 0.2) is 24.3 Å². The monoisotopic (exact) mass is 293 g/mol. The summed E-state index contributed by atoms with van der Waals surface area (Å²) < 4.78 is 10.4. The van der Waals surface area contributed by atoms with Crippen molar-refractivity contribution in [2.24, 2.45) is 5.92 Å². The summed E-state index contributed by atoms with van der Waals surface area (Å²) in [5, 5.41) is 2.68. The number of ether oxygens (including phenoxy) is 2. The quantitative estimate of drug-likeness (QED) is 0.782.